The number of fused-ring (bicyclic) bond motifs is 1. The molecule has 0 saturated carbocycles. The molecule has 42 heavy (non-hydrogen) atoms. The molecule has 9 heteroatoms. The Morgan fingerprint density at radius 3 is 1.95 bits per heavy atom. The number of hydrogen-bond donors (Lipinski definition) is 0. The molecule has 0 atom stereocenters. The van der Waals surface area contributed by atoms with Gasteiger partial charge in [0.15, 0.2) is 0 Å². The molecule has 222 valence electrons. The standard InChI is InChI=1S/C33H42N6O2S/c1-6-8-10-20-40-26-16-12-24(13-17-26)28-22-29(25-14-18-27(19-15-25)41-21-11-9-7-2)38(36-28)31-34-35-32-39(31)37-30(23-42-32)33(3,4)5/h12-19,22H,6-11,20-21,23H2,1-5H3. The zero-order chi connectivity index (χ0) is 29.5. The molecule has 0 fully saturated rings. The van der Waals surface area contributed by atoms with Gasteiger partial charge >= 0.3 is 0 Å². The van der Waals surface area contributed by atoms with E-state index < -0.39 is 0 Å². The van der Waals surface area contributed by atoms with Gasteiger partial charge in [-0.3, -0.25) is 0 Å². The van der Waals surface area contributed by atoms with Crippen molar-refractivity contribution in [2.24, 2.45) is 10.5 Å². The second-order valence-electron chi connectivity index (χ2n) is 11.7. The van der Waals surface area contributed by atoms with Gasteiger partial charge in [0.25, 0.3) is 5.95 Å². The number of ether oxygens (including phenoxy) is 2. The lowest BCUT2D eigenvalue weighted by Gasteiger charge is -2.24. The van der Waals surface area contributed by atoms with Gasteiger partial charge in [0.2, 0.25) is 5.16 Å². The maximum absolute atomic E-state index is 5.97. The molecule has 8 nitrogen and oxygen atoms in total. The highest BCUT2D eigenvalue weighted by Gasteiger charge is 2.28. The number of benzene rings is 2. The summed E-state index contributed by atoms with van der Waals surface area (Å²) in [6, 6.07) is 18.4. The molecular formula is C33H42N6O2S. The molecule has 4 aromatic rings. The second-order valence-corrected chi connectivity index (χ2v) is 12.6. The largest absolute Gasteiger partial charge is 0.494 e. The lowest BCUT2D eigenvalue weighted by molar-refractivity contribution is 0.306. The van der Waals surface area contributed by atoms with Crippen molar-refractivity contribution in [3.63, 3.8) is 0 Å². The molecular weight excluding hydrogens is 544 g/mol. The molecule has 1 aliphatic heterocycles. The quantitative estimate of drug-likeness (QED) is 0.147. The van der Waals surface area contributed by atoms with Crippen LogP contribution in [0.3, 0.4) is 0 Å². The summed E-state index contributed by atoms with van der Waals surface area (Å²) in [6.07, 6.45) is 6.83. The van der Waals surface area contributed by atoms with E-state index in [9.17, 15) is 0 Å². The van der Waals surface area contributed by atoms with Crippen LogP contribution < -0.4 is 9.47 Å². The van der Waals surface area contributed by atoms with Crippen molar-refractivity contribution in [3.05, 3.63) is 54.6 Å². The zero-order valence-electron chi connectivity index (χ0n) is 25.5. The number of unbranched alkanes of at least 4 members (excludes halogenated alkanes) is 4. The Morgan fingerprint density at radius 2 is 1.38 bits per heavy atom. The first kappa shape index (κ1) is 29.9. The topological polar surface area (TPSA) is 79.4 Å². The van der Waals surface area contributed by atoms with E-state index in [0.29, 0.717) is 5.95 Å². The van der Waals surface area contributed by atoms with Crippen LogP contribution in [0.4, 0.5) is 0 Å². The van der Waals surface area contributed by atoms with Crippen LogP contribution in [0.2, 0.25) is 0 Å². The van der Waals surface area contributed by atoms with E-state index in [0.717, 1.165) is 76.7 Å². The van der Waals surface area contributed by atoms with Crippen molar-refractivity contribution in [3.8, 4) is 40.0 Å². The van der Waals surface area contributed by atoms with Crippen LogP contribution in [-0.2, 0) is 0 Å². The fourth-order valence-corrected chi connectivity index (χ4v) is 5.72. The summed E-state index contributed by atoms with van der Waals surface area (Å²) in [4.78, 5) is 0. The zero-order valence-corrected chi connectivity index (χ0v) is 26.3. The smallest absolute Gasteiger partial charge is 0.274 e. The Hall–Kier alpha value is -3.59. The molecule has 0 radical (unpaired) electrons. The molecule has 0 unspecified atom stereocenters. The van der Waals surface area contributed by atoms with Crippen molar-refractivity contribution in [2.45, 2.75) is 78.3 Å². The van der Waals surface area contributed by atoms with Gasteiger partial charge in [0.05, 0.1) is 30.3 Å². The van der Waals surface area contributed by atoms with Gasteiger partial charge in [-0.1, -0.05) is 72.1 Å². The molecule has 0 spiro atoms. The third kappa shape index (κ3) is 7.06. The number of aromatic nitrogens is 5. The van der Waals surface area contributed by atoms with E-state index in [1.54, 1.807) is 11.8 Å². The summed E-state index contributed by atoms with van der Waals surface area (Å²) in [7, 11) is 0. The van der Waals surface area contributed by atoms with Gasteiger partial charge in [0.1, 0.15) is 11.5 Å². The van der Waals surface area contributed by atoms with Crippen molar-refractivity contribution in [1.82, 2.24) is 24.7 Å². The number of rotatable bonds is 13. The molecule has 0 saturated heterocycles. The summed E-state index contributed by atoms with van der Waals surface area (Å²) in [6.45, 7) is 12.4. The van der Waals surface area contributed by atoms with Crippen molar-refractivity contribution < 1.29 is 9.47 Å². The minimum atomic E-state index is -0.0579. The molecule has 0 N–H and O–H groups in total. The Morgan fingerprint density at radius 1 is 0.786 bits per heavy atom. The monoisotopic (exact) mass is 586 g/mol. The summed E-state index contributed by atoms with van der Waals surface area (Å²) >= 11 is 1.65. The minimum Gasteiger partial charge on any atom is -0.494 e. The van der Waals surface area contributed by atoms with Crippen LogP contribution in [0, 0.1) is 5.41 Å². The molecule has 2 aromatic carbocycles. The van der Waals surface area contributed by atoms with Crippen LogP contribution in [0.1, 0.15) is 73.1 Å². The van der Waals surface area contributed by atoms with Crippen LogP contribution in [0.25, 0.3) is 28.5 Å². The predicted molar refractivity (Wildman–Crippen MR) is 171 cm³/mol. The van der Waals surface area contributed by atoms with Gasteiger partial charge in [0, 0.05) is 22.3 Å². The SMILES string of the molecule is CCCCCOc1ccc(-c2cc(-c3ccc(OCCCCC)cc3)n(-c3nnc4n3N=C(C(C)(C)C)CS4)n2)cc1. The second kappa shape index (κ2) is 13.6. The first-order valence-corrected chi connectivity index (χ1v) is 16.1. The van der Waals surface area contributed by atoms with Crippen LogP contribution >= 0.6 is 11.8 Å². The number of hydrogen-bond acceptors (Lipinski definition) is 7. The highest BCUT2D eigenvalue weighted by atomic mass is 32.2. The van der Waals surface area contributed by atoms with Gasteiger partial charge in [-0.25, -0.2) is 0 Å². The predicted octanol–water partition coefficient (Wildman–Crippen LogP) is 8.29. The van der Waals surface area contributed by atoms with Gasteiger partial charge in [-0.05, 0) is 67.4 Å². The van der Waals surface area contributed by atoms with Crippen LogP contribution in [-0.4, -0.2) is 49.3 Å². The molecule has 0 bridgehead atoms. The van der Waals surface area contributed by atoms with Crippen molar-refractivity contribution in [2.75, 3.05) is 19.0 Å². The fourth-order valence-electron chi connectivity index (χ4n) is 4.62. The fraction of sp³-hybridized carbons (Fsp3) is 0.455. The summed E-state index contributed by atoms with van der Waals surface area (Å²) in [5.41, 5.74) is 4.78. The van der Waals surface area contributed by atoms with Gasteiger partial charge in [-0.15, -0.1) is 10.2 Å². The maximum Gasteiger partial charge on any atom is 0.274 e. The lowest BCUT2D eigenvalue weighted by atomic mass is 9.91. The molecule has 0 aliphatic carbocycles. The Balaban J connectivity index is 1.49. The van der Waals surface area contributed by atoms with E-state index in [2.05, 4.69) is 75.1 Å². The van der Waals surface area contributed by atoms with E-state index in [4.69, 9.17) is 19.7 Å². The third-order valence-electron chi connectivity index (χ3n) is 7.25. The summed E-state index contributed by atoms with van der Waals surface area (Å²) in [5.74, 6) is 3.10. The van der Waals surface area contributed by atoms with Gasteiger partial charge in [-0.2, -0.15) is 19.6 Å². The summed E-state index contributed by atoms with van der Waals surface area (Å²) in [5, 5.41) is 19.8. The van der Waals surface area contributed by atoms with Crippen LogP contribution in [0.5, 0.6) is 11.5 Å². The van der Waals surface area contributed by atoms with E-state index in [1.807, 2.05) is 33.6 Å². The van der Waals surface area contributed by atoms with Gasteiger partial charge < -0.3 is 9.47 Å². The normalized spacial score (nSPS) is 13.1. The van der Waals surface area contributed by atoms with Crippen LogP contribution in [0.15, 0.2) is 64.9 Å². The third-order valence-corrected chi connectivity index (χ3v) is 8.18. The average Bonchev–Trinajstić information content (AvgIpc) is 3.62. The summed E-state index contributed by atoms with van der Waals surface area (Å²) < 4.78 is 15.6. The molecule has 1 aliphatic rings. The Labute approximate surface area is 253 Å². The maximum atomic E-state index is 5.97. The highest BCUT2D eigenvalue weighted by Crippen LogP contribution is 2.33. The van der Waals surface area contributed by atoms with E-state index in [1.165, 1.54) is 25.7 Å². The Bertz CT molecular complexity index is 1480. The molecule has 2 aromatic heterocycles. The molecule has 0 amide bonds. The van der Waals surface area contributed by atoms with Crippen molar-refractivity contribution >= 4 is 17.5 Å². The van der Waals surface area contributed by atoms with Crippen molar-refractivity contribution in [1.29, 1.82) is 0 Å². The number of thioether (sulfide) groups is 1. The molecule has 3 heterocycles. The Kier molecular flexibility index (Phi) is 9.67. The average molecular weight is 587 g/mol. The first-order chi connectivity index (χ1) is 20.4. The first-order valence-electron chi connectivity index (χ1n) is 15.1. The number of nitrogens with zero attached hydrogens (tertiary/aromatic N) is 6. The molecule has 5 rings (SSSR count). The van der Waals surface area contributed by atoms with E-state index in [-0.39, 0.29) is 5.41 Å². The minimum absolute atomic E-state index is 0.0579. The lowest BCUT2D eigenvalue weighted by Crippen LogP contribution is -2.27. The highest BCUT2D eigenvalue weighted by molar-refractivity contribution is 7.99. The van der Waals surface area contributed by atoms with E-state index >= 15 is 0 Å².